The molecular formula is C14H18N4O2. The minimum absolute atomic E-state index is 0.0785. The molecule has 0 saturated carbocycles. The first-order valence-electron chi connectivity index (χ1n) is 6.46. The minimum Gasteiger partial charge on any atom is -0.493 e. The van der Waals surface area contributed by atoms with E-state index in [2.05, 4.69) is 27.4 Å². The van der Waals surface area contributed by atoms with Crippen LogP contribution in [-0.2, 0) is 11.3 Å². The summed E-state index contributed by atoms with van der Waals surface area (Å²) in [6, 6.07) is 5.89. The molecule has 0 aliphatic heterocycles. The van der Waals surface area contributed by atoms with Crippen LogP contribution in [0.5, 0.6) is 5.75 Å². The molecule has 1 aromatic carbocycles. The van der Waals surface area contributed by atoms with E-state index in [4.69, 9.17) is 4.74 Å². The molecule has 20 heavy (non-hydrogen) atoms. The van der Waals surface area contributed by atoms with E-state index in [0.29, 0.717) is 25.4 Å². The smallest absolute Gasteiger partial charge is 0.223 e. The van der Waals surface area contributed by atoms with Crippen LogP contribution >= 0.6 is 0 Å². The molecule has 0 saturated heterocycles. The summed E-state index contributed by atoms with van der Waals surface area (Å²) >= 11 is 0. The zero-order valence-corrected chi connectivity index (χ0v) is 11.6. The van der Waals surface area contributed by atoms with E-state index in [1.54, 1.807) is 0 Å². The van der Waals surface area contributed by atoms with E-state index in [0.717, 1.165) is 5.75 Å². The van der Waals surface area contributed by atoms with Crippen LogP contribution in [0.3, 0.4) is 0 Å². The van der Waals surface area contributed by atoms with Gasteiger partial charge in [0.1, 0.15) is 17.9 Å². The molecule has 6 heteroatoms. The Labute approximate surface area is 117 Å². The van der Waals surface area contributed by atoms with Crippen LogP contribution in [0, 0.1) is 13.8 Å². The van der Waals surface area contributed by atoms with Crippen molar-refractivity contribution >= 4 is 5.91 Å². The van der Waals surface area contributed by atoms with Crippen LogP contribution in [-0.4, -0.2) is 27.7 Å². The summed E-state index contributed by atoms with van der Waals surface area (Å²) in [5.74, 6) is 1.34. The number of rotatable bonds is 6. The van der Waals surface area contributed by atoms with Crippen LogP contribution < -0.4 is 10.1 Å². The Morgan fingerprint density at radius 1 is 1.35 bits per heavy atom. The zero-order chi connectivity index (χ0) is 14.4. The van der Waals surface area contributed by atoms with Gasteiger partial charge in [-0.25, -0.2) is 4.98 Å². The molecule has 2 N–H and O–H groups in total. The number of nitrogens with one attached hydrogen (secondary N) is 2. The fourth-order valence-corrected chi connectivity index (χ4v) is 1.65. The van der Waals surface area contributed by atoms with Gasteiger partial charge >= 0.3 is 0 Å². The van der Waals surface area contributed by atoms with Gasteiger partial charge in [0.15, 0.2) is 0 Å². The molecule has 1 aromatic heterocycles. The molecule has 106 valence electrons. The van der Waals surface area contributed by atoms with Crippen LogP contribution in [0.1, 0.15) is 23.4 Å². The maximum atomic E-state index is 11.6. The lowest BCUT2D eigenvalue weighted by Gasteiger charge is -2.08. The third-order valence-corrected chi connectivity index (χ3v) is 2.99. The van der Waals surface area contributed by atoms with Gasteiger partial charge < -0.3 is 10.1 Å². The summed E-state index contributed by atoms with van der Waals surface area (Å²) in [5, 5.41) is 9.12. The van der Waals surface area contributed by atoms with Crippen LogP contribution in [0.15, 0.2) is 24.5 Å². The van der Waals surface area contributed by atoms with Gasteiger partial charge in [-0.15, -0.1) is 0 Å². The van der Waals surface area contributed by atoms with Gasteiger partial charge in [-0.1, -0.05) is 6.07 Å². The Morgan fingerprint density at radius 3 is 2.90 bits per heavy atom. The monoisotopic (exact) mass is 274 g/mol. The van der Waals surface area contributed by atoms with Crippen molar-refractivity contribution < 1.29 is 9.53 Å². The molecule has 0 aliphatic rings. The number of carbonyl (C=O) groups excluding carboxylic acids is 1. The number of aromatic amines is 1. The van der Waals surface area contributed by atoms with Crippen molar-refractivity contribution in [1.29, 1.82) is 0 Å². The highest BCUT2D eigenvalue weighted by atomic mass is 16.5. The molecular weight excluding hydrogens is 256 g/mol. The van der Waals surface area contributed by atoms with E-state index < -0.39 is 0 Å². The van der Waals surface area contributed by atoms with E-state index in [9.17, 15) is 4.79 Å². The number of aromatic nitrogens is 3. The van der Waals surface area contributed by atoms with Gasteiger partial charge in [-0.3, -0.25) is 9.89 Å². The number of H-pyrrole nitrogens is 1. The average molecular weight is 274 g/mol. The zero-order valence-electron chi connectivity index (χ0n) is 11.6. The Kier molecular flexibility index (Phi) is 4.70. The third kappa shape index (κ3) is 4.08. The summed E-state index contributed by atoms with van der Waals surface area (Å²) in [6.45, 7) is 4.79. The van der Waals surface area contributed by atoms with Gasteiger partial charge in [0.2, 0.25) is 5.91 Å². The molecule has 0 fully saturated rings. The first kappa shape index (κ1) is 14.0. The maximum Gasteiger partial charge on any atom is 0.223 e. The van der Waals surface area contributed by atoms with Gasteiger partial charge in [0, 0.05) is 0 Å². The number of nitrogens with zero attached hydrogens (tertiary/aromatic N) is 2. The fraction of sp³-hybridized carbons (Fsp3) is 0.357. The lowest BCUT2D eigenvalue weighted by atomic mass is 10.1. The third-order valence-electron chi connectivity index (χ3n) is 2.99. The minimum atomic E-state index is -0.0785. The summed E-state index contributed by atoms with van der Waals surface area (Å²) < 4.78 is 5.55. The Bertz CT molecular complexity index is 567. The van der Waals surface area contributed by atoms with Crippen molar-refractivity contribution in [1.82, 2.24) is 20.5 Å². The van der Waals surface area contributed by atoms with Gasteiger partial charge in [0.25, 0.3) is 0 Å². The Hall–Kier alpha value is -2.37. The van der Waals surface area contributed by atoms with Crippen molar-refractivity contribution in [2.75, 3.05) is 6.61 Å². The second-order valence-corrected chi connectivity index (χ2v) is 4.55. The summed E-state index contributed by atoms with van der Waals surface area (Å²) in [4.78, 5) is 15.5. The average Bonchev–Trinajstić information content (AvgIpc) is 2.94. The number of amides is 1. The molecule has 0 aliphatic carbocycles. The van der Waals surface area contributed by atoms with Crippen LogP contribution in [0.4, 0.5) is 0 Å². The number of hydrogen-bond acceptors (Lipinski definition) is 4. The van der Waals surface area contributed by atoms with Crippen molar-refractivity contribution in [2.24, 2.45) is 0 Å². The Morgan fingerprint density at radius 2 is 2.20 bits per heavy atom. The summed E-state index contributed by atoms with van der Waals surface area (Å²) in [5.41, 5.74) is 2.40. The van der Waals surface area contributed by atoms with E-state index >= 15 is 0 Å². The highest BCUT2D eigenvalue weighted by Gasteiger charge is 2.04. The highest BCUT2D eigenvalue weighted by Crippen LogP contribution is 2.16. The maximum absolute atomic E-state index is 11.6. The molecule has 2 aromatic rings. The molecule has 0 unspecified atom stereocenters. The Balaban J connectivity index is 1.69. The van der Waals surface area contributed by atoms with Crippen molar-refractivity contribution in [3.8, 4) is 5.75 Å². The van der Waals surface area contributed by atoms with Crippen molar-refractivity contribution in [2.45, 2.75) is 26.8 Å². The van der Waals surface area contributed by atoms with E-state index in [-0.39, 0.29) is 5.91 Å². The van der Waals surface area contributed by atoms with Gasteiger partial charge in [-0.2, -0.15) is 5.10 Å². The number of aryl methyl sites for hydroxylation is 2. The predicted octanol–water partition coefficient (Wildman–Crippen LogP) is 1.51. The molecule has 1 heterocycles. The number of benzene rings is 1. The fourth-order valence-electron chi connectivity index (χ4n) is 1.65. The molecule has 6 nitrogen and oxygen atoms in total. The second kappa shape index (κ2) is 6.70. The quantitative estimate of drug-likeness (QED) is 0.836. The first-order valence-corrected chi connectivity index (χ1v) is 6.46. The molecule has 0 bridgehead atoms. The van der Waals surface area contributed by atoms with E-state index in [1.165, 1.54) is 17.5 Å². The largest absolute Gasteiger partial charge is 0.493 e. The topological polar surface area (TPSA) is 79.9 Å². The highest BCUT2D eigenvalue weighted by molar-refractivity contribution is 5.75. The molecule has 1 amide bonds. The summed E-state index contributed by atoms with van der Waals surface area (Å²) in [7, 11) is 0. The second-order valence-electron chi connectivity index (χ2n) is 4.55. The molecule has 0 spiro atoms. The standard InChI is InChI=1S/C14H18N4O2/c1-10-3-4-12(7-11(10)2)20-6-5-14(19)15-8-13-16-9-17-18-13/h3-4,7,9H,5-6,8H2,1-2H3,(H,15,19)(H,16,17,18). The van der Waals surface area contributed by atoms with Gasteiger partial charge in [0.05, 0.1) is 19.6 Å². The summed E-state index contributed by atoms with van der Waals surface area (Å²) in [6.07, 6.45) is 1.71. The first-order chi connectivity index (χ1) is 9.65. The molecule has 0 radical (unpaired) electrons. The van der Waals surface area contributed by atoms with E-state index in [1.807, 2.05) is 25.1 Å². The normalized spacial score (nSPS) is 10.3. The molecule has 2 rings (SSSR count). The van der Waals surface area contributed by atoms with Crippen LogP contribution in [0.25, 0.3) is 0 Å². The molecule has 0 atom stereocenters. The lowest BCUT2D eigenvalue weighted by molar-refractivity contribution is -0.121. The SMILES string of the molecule is Cc1ccc(OCCC(=O)NCc2ncn[nH]2)cc1C. The van der Waals surface area contributed by atoms with Crippen molar-refractivity contribution in [3.63, 3.8) is 0 Å². The predicted molar refractivity (Wildman–Crippen MR) is 74.3 cm³/mol. The lowest BCUT2D eigenvalue weighted by Crippen LogP contribution is -2.25. The number of ether oxygens (including phenoxy) is 1. The number of carbonyl (C=O) groups is 1. The number of hydrogen-bond donors (Lipinski definition) is 2. The van der Waals surface area contributed by atoms with Crippen molar-refractivity contribution in [3.05, 3.63) is 41.5 Å². The van der Waals surface area contributed by atoms with Gasteiger partial charge in [-0.05, 0) is 37.1 Å². The van der Waals surface area contributed by atoms with Crippen LogP contribution in [0.2, 0.25) is 0 Å².